The van der Waals surface area contributed by atoms with Crippen LogP contribution >= 0.6 is 11.6 Å². The minimum atomic E-state index is -4.89. The smallest absolute Gasteiger partial charge is 0.417 e. The van der Waals surface area contributed by atoms with Crippen LogP contribution in [-0.4, -0.2) is 39.1 Å². The van der Waals surface area contributed by atoms with Gasteiger partial charge >= 0.3 is 11.9 Å². The van der Waals surface area contributed by atoms with Gasteiger partial charge in [-0.2, -0.15) is 18.3 Å². The van der Waals surface area contributed by atoms with Gasteiger partial charge in [0.15, 0.2) is 5.75 Å². The van der Waals surface area contributed by atoms with Gasteiger partial charge in [0.05, 0.1) is 39.4 Å². The van der Waals surface area contributed by atoms with Crippen LogP contribution in [0.2, 0.25) is 5.02 Å². The van der Waals surface area contributed by atoms with Gasteiger partial charge in [-0.05, 0) is 49.4 Å². The molecule has 0 aromatic heterocycles. The zero-order valence-corrected chi connectivity index (χ0v) is 21.8. The van der Waals surface area contributed by atoms with E-state index in [0.29, 0.717) is 10.4 Å². The molecule has 206 valence electrons. The number of nitro benzene ring substituents is 1. The Bertz CT molecular complexity index is 1530. The number of hydrazone groups is 1. The first-order chi connectivity index (χ1) is 18.2. The predicted molar refractivity (Wildman–Crippen MR) is 138 cm³/mol. The highest BCUT2D eigenvalue weighted by atomic mass is 35.5. The number of carbonyl (C=O) groups excluding carboxylic acids is 1. The van der Waals surface area contributed by atoms with Crippen LogP contribution in [0, 0.1) is 17.0 Å². The van der Waals surface area contributed by atoms with E-state index in [9.17, 15) is 36.5 Å². The molecule has 0 heterocycles. The van der Waals surface area contributed by atoms with Gasteiger partial charge in [0.1, 0.15) is 6.54 Å². The van der Waals surface area contributed by atoms with E-state index in [1.54, 1.807) is 6.92 Å². The number of nitrogens with zero attached hydrogens (tertiary/aromatic N) is 3. The molecule has 3 aromatic rings. The number of benzene rings is 3. The van der Waals surface area contributed by atoms with E-state index < -0.39 is 49.8 Å². The van der Waals surface area contributed by atoms with Crippen LogP contribution in [0.5, 0.6) is 5.75 Å². The van der Waals surface area contributed by atoms with Crippen molar-refractivity contribution in [1.82, 2.24) is 5.43 Å². The van der Waals surface area contributed by atoms with E-state index in [1.807, 2.05) is 0 Å². The molecule has 0 saturated heterocycles. The molecule has 1 N–H and O–H groups in total. The number of anilines is 1. The van der Waals surface area contributed by atoms with Crippen LogP contribution in [0.25, 0.3) is 0 Å². The first kappa shape index (κ1) is 29.4. The Kier molecular flexibility index (Phi) is 8.81. The van der Waals surface area contributed by atoms with Crippen molar-refractivity contribution >= 4 is 45.1 Å². The second-order valence-corrected chi connectivity index (χ2v) is 10.2. The third kappa shape index (κ3) is 7.03. The molecule has 0 unspecified atom stereocenters. The van der Waals surface area contributed by atoms with Crippen LogP contribution < -0.4 is 14.5 Å². The van der Waals surface area contributed by atoms with Crippen LogP contribution in [0.4, 0.5) is 24.5 Å². The van der Waals surface area contributed by atoms with Crippen molar-refractivity contribution in [1.29, 1.82) is 0 Å². The Labute approximate surface area is 225 Å². The van der Waals surface area contributed by atoms with Gasteiger partial charge in [-0.1, -0.05) is 29.3 Å². The lowest BCUT2D eigenvalue weighted by Crippen LogP contribution is -2.39. The molecule has 10 nitrogen and oxygen atoms in total. The third-order valence-electron chi connectivity index (χ3n) is 5.24. The highest BCUT2D eigenvalue weighted by Gasteiger charge is 2.35. The Morgan fingerprint density at radius 3 is 2.41 bits per heavy atom. The normalized spacial score (nSPS) is 11.8. The third-order valence-corrected chi connectivity index (χ3v) is 7.36. The van der Waals surface area contributed by atoms with E-state index in [4.69, 9.17) is 16.3 Å². The highest BCUT2D eigenvalue weighted by molar-refractivity contribution is 7.92. The zero-order chi connectivity index (χ0) is 29.0. The first-order valence-electron chi connectivity index (χ1n) is 10.8. The number of alkyl halides is 3. The molecule has 0 fully saturated rings. The number of hydrogen-bond acceptors (Lipinski definition) is 7. The first-order valence-corrected chi connectivity index (χ1v) is 12.7. The lowest BCUT2D eigenvalue weighted by molar-refractivity contribution is -0.385. The molecule has 0 atom stereocenters. The molecule has 0 bridgehead atoms. The van der Waals surface area contributed by atoms with Gasteiger partial charge < -0.3 is 4.74 Å². The molecule has 0 spiro atoms. The standard InChI is InChI=1S/C24H20ClF3N4O6S/c1-15-3-7-18(8-4-15)39(36,37)31(17-6-9-20(25)19(12-17)24(26,27)28)14-23(33)30-29-13-16-5-10-22(38-2)21(11-16)32(34)35/h3-13H,14H2,1-2H3,(H,30,33)/b29-13-. The number of rotatable bonds is 9. The molecular weight excluding hydrogens is 565 g/mol. The van der Waals surface area contributed by atoms with Crippen LogP contribution in [0.15, 0.2) is 70.7 Å². The Morgan fingerprint density at radius 1 is 1.15 bits per heavy atom. The molecule has 39 heavy (non-hydrogen) atoms. The van der Waals surface area contributed by atoms with E-state index in [2.05, 4.69) is 10.5 Å². The van der Waals surface area contributed by atoms with Crippen LogP contribution in [0.3, 0.4) is 0 Å². The maximum Gasteiger partial charge on any atom is 0.417 e. The lowest BCUT2D eigenvalue weighted by atomic mass is 10.2. The predicted octanol–water partition coefficient (Wildman–Crippen LogP) is 4.93. The van der Waals surface area contributed by atoms with Gasteiger partial charge in [0.25, 0.3) is 15.9 Å². The Morgan fingerprint density at radius 2 is 1.82 bits per heavy atom. The summed E-state index contributed by atoms with van der Waals surface area (Å²) in [4.78, 5) is 22.9. The lowest BCUT2D eigenvalue weighted by Gasteiger charge is -2.25. The number of nitrogens with one attached hydrogen (secondary N) is 1. The second-order valence-electron chi connectivity index (χ2n) is 7.97. The summed E-state index contributed by atoms with van der Waals surface area (Å²) in [6.45, 7) is 0.765. The van der Waals surface area contributed by atoms with E-state index in [0.717, 1.165) is 30.0 Å². The number of halogens is 4. The van der Waals surface area contributed by atoms with Crippen LogP contribution in [-0.2, 0) is 21.0 Å². The number of hydrogen-bond donors (Lipinski definition) is 1. The number of sulfonamides is 1. The summed E-state index contributed by atoms with van der Waals surface area (Å²) < 4.78 is 72.6. The summed E-state index contributed by atoms with van der Waals surface area (Å²) in [6, 6.07) is 11.8. The summed E-state index contributed by atoms with van der Waals surface area (Å²) in [5.41, 5.74) is 0.911. The number of ether oxygens (including phenoxy) is 1. The summed E-state index contributed by atoms with van der Waals surface area (Å²) in [5, 5.41) is 14.2. The van der Waals surface area contributed by atoms with E-state index >= 15 is 0 Å². The SMILES string of the molecule is COc1ccc(/C=N\NC(=O)CN(c2ccc(Cl)c(C(F)(F)F)c2)S(=O)(=O)c2ccc(C)cc2)cc1[N+](=O)[O-]. The van der Waals surface area contributed by atoms with Gasteiger partial charge in [-0.3, -0.25) is 19.2 Å². The molecule has 0 radical (unpaired) electrons. The van der Waals surface area contributed by atoms with Gasteiger partial charge in [-0.15, -0.1) is 0 Å². The highest BCUT2D eigenvalue weighted by Crippen LogP contribution is 2.38. The van der Waals surface area contributed by atoms with Crippen molar-refractivity contribution in [2.24, 2.45) is 5.10 Å². The van der Waals surface area contributed by atoms with Crippen molar-refractivity contribution in [2.45, 2.75) is 18.0 Å². The Balaban J connectivity index is 1.93. The minimum absolute atomic E-state index is 0.000620. The molecule has 0 saturated carbocycles. The van der Waals surface area contributed by atoms with Crippen molar-refractivity contribution in [3.8, 4) is 5.75 Å². The zero-order valence-electron chi connectivity index (χ0n) is 20.3. The number of carbonyl (C=O) groups is 1. The van der Waals surface area contributed by atoms with Crippen LogP contribution in [0.1, 0.15) is 16.7 Å². The van der Waals surface area contributed by atoms with Crippen molar-refractivity contribution in [3.63, 3.8) is 0 Å². The summed E-state index contributed by atoms with van der Waals surface area (Å²) in [7, 11) is -3.26. The minimum Gasteiger partial charge on any atom is -0.490 e. The monoisotopic (exact) mass is 584 g/mol. The molecular formula is C24H20ClF3N4O6S. The summed E-state index contributed by atoms with van der Waals surface area (Å²) >= 11 is 5.68. The second kappa shape index (κ2) is 11.7. The largest absolute Gasteiger partial charge is 0.490 e. The maximum atomic E-state index is 13.5. The number of methoxy groups -OCH3 is 1. The molecule has 0 aliphatic carbocycles. The van der Waals surface area contributed by atoms with Crippen molar-refractivity contribution < 1.29 is 36.0 Å². The fourth-order valence-corrected chi connectivity index (χ4v) is 4.95. The fraction of sp³-hybridized carbons (Fsp3) is 0.167. The van der Waals surface area contributed by atoms with Crippen molar-refractivity contribution in [2.75, 3.05) is 18.0 Å². The molecule has 15 heteroatoms. The average molecular weight is 585 g/mol. The summed E-state index contributed by atoms with van der Waals surface area (Å²) in [5.74, 6) is -1.01. The quantitative estimate of drug-likeness (QED) is 0.216. The van der Waals surface area contributed by atoms with Gasteiger partial charge in [-0.25, -0.2) is 13.8 Å². The molecule has 0 aliphatic rings. The molecule has 0 aliphatic heterocycles. The van der Waals surface area contributed by atoms with Crippen molar-refractivity contribution in [3.05, 3.63) is 92.5 Å². The Hall–Kier alpha value is -4.17. The molecule has 1 amide bonds. The fourth-order valence-electron chi connectivity index (χ4n) is 3.31. The number of nitro groups is 1. The topological polar surface area (TPSA) is 131 Å². The van der Waals surface area contributed by atoms with Gasteiger partial charge in [0, 0.05) is 11.6 Å². The molecule has 3 aromatic carbocycles. The van der Waals surface area contributed by atoms with E-state index in [1.165, 1.54) is 43.5 Å². The average Bonchev–Trinajstić information content (AvgIpc) is 2.87. The number of aryl methyl sites for hydroxylation is 1. The summed E-state index contributed by atoms with van der Waals surface area (Å²) in [6.07, 6.45) is -3.83. The number of amides is 1. The van der Waals surface area contributed by atoms with Gasteiger partial charge in [0.2, 0.25) is 0 Å². The van der Waals surface area contributed by atoms with E-state index in [-0.39, 0.29) is 21.9 Å². The molecule has 3 rings (SSSR count). The maximum absolute atomic E-state index is 13.5.